The van der Waals surface area contributed by atoms with Gasteiger partial charge in [-0.15, -0.1) is 0 Å². The average molecular weight is 318 g/mol. The third-order valence-corrected chi connectivity index (χ3v) is 2.77. The SMILES string of the molecule is COCOc1cc(C)ccc1C=O.O=Cc1ccc(O)cc1O. The van der Waals surface area contributed by atoms with E-state index in [2.05, 4.69) is 0 Å². The van der Waals surface area contributed by atoms with Gasteiger partial charge in [-0.3, -0.25) is 9.59 Å². The number of phenolic OH excluding ortho intramolecular Hbond substituents is 2. The predicted molar refractivity (Wildman–Crippen MR) is 84.2 cm³/mol. The summed E-state index contributed by atoms with van der Waals surface area (Å²) in [6, 6.07) is 9.20. The largest absolute Gasteiger partial charge is 0.508 e. The lowest BCUT2D eigenvalue weighted by Crippen LogP contribution is -2.01. The molecule has 0 atom stereocenters. The zero-order valence-electron chi connectivity index (χ0n) is 12.9. The standard InChI is InChI=1S/C10H12O3.C7H6O3/c1-8-3-4-9(6-11)10(5-8)13-7-12-2;8-4-5-1-2-6(9)3-7(5)10/h3-6H,7H2,1-2H3;1-4,9-10H. The summed E-state index contributed by atoms with van der Waals surface area (Å²) in [6.45, 7) is 2.10. The molecule has 0 aliphatic carbocycles. The third kappa shape index (κ3) is 5.80. The number of aldehydes is 2. The Labute approximate surface area is 133 Å². The highest BCUT2D eigenvalue weighted by molar-refractivity contribution is 5.79. The van der Waals surface area contributed by atoms with Gasteiger partial charge in [0, 0.05) is 13.2 Å². The molecule has 23 heavy (non-hydrogen) atoms. The van der Waals surface area contributed by atoms with Gasteiger partial charge in [0.15, 0.2) is 19.4 Å². The number of phenols is 2. The number of aryl methyl sites for hydroxylation is 1. The molecule has 0 fully saturated rings. The molecule has 0 saturated heterocycles. The second-order valence-corrected chi connectivity index (χ2v) is 4.57. The van der Waals surface area contributed by atoms with Crippen LogP contribution < -0.4 is 4.74 Å². The van der Waals surface area contributed by atoms with Gasteiger partial charge < -0.3 is 19.7 Å². The van der Waals surface area contributed by atoms with E-state index in [9.17, 15) is 9.59 Å². The average Bonchev–Trinajstić information content (AvgIpc) is 2.54. The van der Waals surface area contributed by atoms with Gasteiger partial charge in [-0.2, -0.15) is 0 Å². The Morgan fingerprint density at radius 1 is 1.00 bits per heavy atom. The molecule has 0 bridgehead atoms. The molecule has 0 unspecified atom stereocenters. The zero-order chi connectivity index (χ0) is 17.2. The van der Waals surface area contributed by atoms with Crippen molar-refractivity contribution < 1.29 is 29.3 Å². The number of carbonyl (C=O) groups is 2. The van der Waals surface area contributed by atoms with Gasteiger partial charge in [0.05, 0.1) is 11.1 Å². The van der Waals surface area contributed by atoms with E-state index in [1.54, 1.807) is 6.07 Å². The van der Waals surface area contributed by atoms with Crippen LogP contribution in [0, 0.1) is 6.92 Å². The first-order valence-corrected chi connectivity index (χ1v) is 6.66. The molecule has 0 spiro atoms. The number of methoxy groups -OCH3 is 1. The van der Waals surface area contributed by atoms with Crippen LogP contribution in [0.5, 0.6) is 17.2 Å². The summed E-state index contributed by atoms with van der Waals surface area (Å²) in [5.74, 6) is 0.315. The number of benzene rings is 2. The molecule has 0 aromatic heterocycles. The van der Waals surface area contributed by atoms with E-state index >= 15 is 0 Å². The van der Waals surface area contributed by atoms with Crippen LogP contribution in [0.3, 0.4) is 0 Å². The maximum Gasteiger partial charge on any atom is 0.188 e. The minimum atomic E-state index is -0.199. The number of aromatic hydroxyl groups is 2. The van der Waals surface area contributed by atoms with Crippen molar-refractivity contribution in [2.24, 2.45) is 0 Å². The van der Waals surface area contributed by atoms with E-state index < -0.39 is 0 Å². The second kappa shape index (κ2) is 9.22. The summed E-state index contributed by atoms with van der Waals surface area (Å²) in [4.78, 5) is 20.7. The maximum absolute atomic E-state index is 10.6. The van der Waals surface area contributed by atoms with Gasteiger partial charge in [0.2, 0.25) is 0 Å². The Morgan fingerprint density at radius 2 is 1.65 bits per heavy atom. The molecular formula is C17H18O6. The van der Waals surface area contributed by atoms with Gasteiger partial charge in [-0.25, -0.2) is 0 Å². The minimum absolute atomic E-state index is 0.0527. The van der Waals surface area contributed by atoms with E-state index in [1.807, 2.05) is 19.1 Å². The maximum atomic E-state index is 10.6. The van der Waals surface area contributed by atoms with Gasteiger partial charge in [-0.05, 0) is 36.8 Å². The lowest BCUT2D eigenvalue weighted by Gasteiger charge is -2.07. The van der Waals surface area contributed by atoms with Crippen molar-refractivity contribution in [2.75, 3.05) is 13.9 Å². The van der Waals surface area contributed by atoms with Crippen LogP contribution in [0.25, 0.3) is 0 Å². The molecule has 0 radical (unpaired) electrons. The molecule has 2 rings (SSSR count). The first-order valence-electron chi connectivity index (χ1n) is 6.66. The van der Waals surface area contributed by atoms with Crippen molar-refractivity contribution in [1.82, 2.24) is 0 Å². The quantitative estimate of drug-likeness (QED) is 0.650. The molecule has 0 amide bonds. The molecule has 2 aromatic rings. The molecule has 0 saturated carbocycles. The van der Waals surface area contributed by atoms with Crippen LogP contribution in [0.15, 0.2) is 36.4 Å². The molecule has 0 aliphatic heterocycles. The van der Waals surface area contributed by atoms with Crippen LogP contribution in [-0.2, 0) is 4.74 Å². The molecule has 6 nitrogen and oxygen atoms in total. The lowest BCUT2D eigenvalue weighted by atomic mass is 10.1. The number of carbonyl (C=O) groups excluding carboxylic acids is 2. The summed E-state index contributed by atoms with van der Waals surface area (Å²) >= 11 is 0. The fourth-order valence-electron chi connectivity index (χ4n) is 1.62. The number of ether oxygens (including phenoxy) is 2. The molecular weight excluding hydrogens is 300 g/mol. The normalized spacial score (nSPS) is 9.48. The van der Waals surface area contributed by atoms with Crippen LogP contribution >= 0.6 is 0 Å². The summed E-state index contributed by atoms with van der Waals surface area (Å²) in [5.41, 5.74) is 1.78. The Morgan fingerprint density at radius 3 is 2.22 bits per heavy atom. The zero-order valence-corrected chi connectivity index (χ0v) is 12.9. The van der Waals surface area contributed by atoms with Crippen molar-refractivity contribution >= 4 is 12.6 Å². The van der Waals surface area contributed by atoms with E-state index in [0.29, 0.717) is 17.6 Å². The van der Waals surface area contributed by atoms with E-state index in [4.69, 9.17) is 19.7 Å². The summed E-state index contributed by atoms with van der Waals surface area (Å²) in [6.07, 6.45) is 1.29. The molecule has 2 aromatic carbocycles. The summed E-state index contributed by atoms with van der Waals surface area (Å²) in [5, 5.41) is 17.7. The van der Waals surface area contributed by atoms with E-state index in [1.165, 1.54) is 19.2 Å². The first-order chi connectivity index (χ1) is 11.0. The Kier molecular flexibility index (Phi) is 7.29. The molecule has 0 heterocycles. The monoisotopic (exact) mass is 318 g/mol. The van der Waals surface area contributed by atoms with Crippen LogP contribution in [0.4, 0.5) is 0 Å². The highest BCUT2D eigenvalue weighted by Crippen LogP contribution is 2.20. The highest BCUT2D eigenvalue weighted by atomic mass is 16.7. The third-order valence-electron chi connectivity index (χ3n) is 2.77. The molecule has 0 aliphatic rings. The van der Waals surface area contributed by atoms with Gasteiger partial charge in [0.25, 0.3) is 0 Å². The first kappa shape index (κ1) is 18.2. The molecule has 122 valence electrons. The fraction of sp³-hybridized carbons (Fsp3) is 0.176. The topological polar surface area (TPSA) is 93.1 Å². The molecule has 2 N–H and O–H groups in total. The summed E-state index contributed by atoms with van der Waals surface area (Å²) < 4.78 is 9.95. The van der Waals surface area contributed by atoms with Crippen molar-refractivity contribution in [3.05, 3.63) is 53.1 Å². The van der Waals surface area contributed by atoms with Crippen LogP contribution in [-0.4, -0.2) is 36.7 Å². The smallest absolute Gasteiger partial charge is 0.188 e. The number of hydrogen-bond donors (Lipinski definition) is 2. The highest BCUT2D eigenvalue weighted by Gasteiger charge is 2.02. The Balaban J connectivity index is 0.000000238. The second-order valence-electron chi connectivity index (χ2n) is 4.57. The van der Waals surface area contributed by atoms with E-state index in [0.717, 1.165) is 17.9 Å². The van der Waals surface area contributed by atoms with Crippen molar-refractivity contribution in [1.29, 1.82) is 0 Å². The molecule has 6 heteroatoms. The lowest BCUT2D eigenvalue weighted by molar-refractivity contribution is 0.0505. The number of rotatable bonds is 5. The Bertz CT molecular complexity index is 666. The summed E-state index contributed by atoms with van der Waals surface area (Å²) in [7, 11) is 1.54. The fourth-order valence-corrected chi connectivity index (χ4v) is 1.62. The van der Waals surface area contributed by atoms with Crippen LogP contribution in [0.1, 0.15) is 26.3 Å². The minimum Gasteiger partial charge on any atom is -0.508 e. The number of hydrogen-bond acceptors (Lipinski definition) is 6. The van der Waals surface area contributed by atoms with Gasteiger partial charge >= 0.3 is 0 Å². The van der Waals surface area contributed by atoms with Gasteiger partial charge in [0.1, 0.15) is 17.2 Å². The van der Waals surface area contributed by atoms with E-state index in [-0.39, 0.29) is 23.9 Å². The Hall–Kier alpha value is -2.86. The predicted octanol–water partition coefficient (Wildman–Crippen LogP) is 2.70. The van der Waals surface area contributed by atoms with Crippen LogP contribution in [0.2, 0.25) is 0 Å². The van der Waals surface area contributed by atoms with Crippen molar-refractivity contribution in [3.8, 4) is 17.2 Å². The van der Waals surface area contributed by atoms with Gasteiger partial charge in [-0.1, -0.05) is 6.07 Å². The van der Waals surface area contributed by atoms with Crippen molar-refractivity contribution in [2.45, 2.75) is 6.92 Å². The van der Waals surface area contributed by atoms with Crippen molar-refractivity contribution in [3.63, 3.8) is 0 Å².